The van der Waals surface area contributed by atoms with Crippen molar-refractivity contribution in [2.75, 3.05) is 31.5 Å². The topological polar surface area (TPSA) is 101 Å². The molecule has 7 nitrogen and oxygen atoms in total. The van der Waals surface area contributed by atoms with Gasteiger partial charge in [-0.1, -0.05) is 0 Å². The molecule has 0 radical (unpaired) electrons. The van der Waals surface area contributed by atoms with Gasteiger partial charge < -0.3 is 25.7 Å². The van der Waals surface area contributed by atoms with Gasteiger partial charge >= 0.3 is 0 Å². The van der Waals surface area contributed by atoms with E-state index < -0.39 is 0 Å². The van der Waals surface area contributed by atoms with Gasteiger partial charge in [-0.2, -0.15) is 0 Å². The van der Waals surface area contributed by atoms with Gasteiger partial charge in [-0.25, -0.2) is 0 Å². The zero-order valence-electron chi connectivity index (χ0n) is 15.5. The van der Waals surface area contributed by atoms with Crippen LogP contribution in [0.15, 0.2) is 41.0 Å². The van der Waals surface area contributed by atoms with E-state index in [1.807, 2.05) is 0 Å². The third-order valence-electron chi connectivity index (χ3n) is 4.43. The quantitative estimate of drug-likeness (QED) is 0.629. The van der Waals surface area contributed by atoms with Gasteiger partial charge in [0.15, 0.2) is 0 Å². The number of hydrogen-bond acceptors (Lipinski definition) is 5. The Balaban J connectivity index is 0.00000196. The van der Waals surface area contributed by atoms with Crippen LogP contribution in [0.3, 0.4) is 0 Å². The molecule has 0 aliphatic carbocycles. The van der Waals surface area contributed by atoms with E-state index in [1.165, 1.54) is 19.1 Å². The van der Waals surface area contributed by atoms with Crippen LogP contribution in [-0.2, 0) is 6.54 Å². The van der Waals surface area contributed by atoms with Gasteiger partial charge in [-0.3, -0.25) is 9.59 Å². The van der Waals surface area contributed by atoms with E-state index in [1.54, 1.807) is 30.3 Å². The van der Waals surface area contributed by atoms with Crippen molar-refractivity contribution in [2.45, 2.75) is 19.4 Å². The number of likely N-dealkylation sites (tertiary alicyclic amines) is 1. The molecule has 1 aromatic heterocycles. The highest BCUT2D eigenvalue weighted by Gasteiger charge is 2.13. The van der Waals surface area contributed by atoms with Crippen LogP contribution in [0.25, 0.3) is 0 Å². The van der Waals surface area contributed by atoms with E-state index in [4.69, 9.17) is 10.2 Å². The Kier molecular flexibility index (Phi) is 10.0. The van der Waals surface area contributed by atoms with Crippen LogP contribution in [0.5, 0.6) is 0 Å². The van der Waals surface area contributed by atoms with Crippen LogP contribution in [-0.4, -0.2) is 42.9 Å². The minimum atomic E-state index is -0.281. The summed E-state index contributed by atoms with van der Waals surface area (Å²) in [6, 6.07) is 8.41. The SMILES string of the molecule is Cl.Cl.NCc1cc(C(=O)Nc2ccc(C(=O)NCCN3CCCC3)cc2)co1. The zero-order chi connectivity index (χ0) is 18.4. The summed E-state index contributed by atoms with van der Waals surface area (Å²) >= 11 is 0. The summed E-state index contributed by atoms with van der Waals surface area (Å²) in [6.07, 6.45) is 3.86. The molecular weight excluding hydrogens is 403 g/mol. The van der Waals surface area contributed by atoms with Crippen molar-refractivity contribution in [1.29, 1.82) is 0 Å². The second kappa shape index (κ2) is 11.7. The molecule has 1 aliphatic rings. The number of nitrogens with two attached hydrogens (primary N) is 1. The summed E-state index contributed by atoms with van der Waals surface area (Å²) in [4.78, 5) is 26.7. The lowest BCUT2D eigenvalue weighted by molar-refractivity contribution is 0.0949. The van der Waals surface area contributed by atoms with E-state index >= 15 is 0 Å². The third-order valence-corrected chi connectivity index (χ3v) is 4.43. The monoisotopic (exact) mass is 428 g/mol. The van der Waals surface area contributed by atoms with Gasteiger partial charge in [0.1, 0.15) is 12.0 Å². The molecule has 28 heavy (non-hydrogen) atoms. The number of carbonyl (C=O) groups excluding carboxylic acids is 2. The average Bonchev–Trinajstić information content (AvgIpc) is 3.34. The Morgan fingerprint density at radius 1 is 1.04 bits per heavy atom. The molecule has 0 saturated carbocycles. The number of nitrogens with zero attached hydrogens (tertiary/aromatic N) is 1. The number of nitrogens with one attached hydrogen (secondary N) is 2. The molecule has 2 aromatic rings. The Hall–Kier alpha value is -2.06. The second-order valence-corrected chi connectivity index (χ2v) is 6.34. The first-order chi connectivity index (χ1) is 12.7. The lowest BCUT2D eigenvalue weighted by Gasteiger charge is -2.14. The average molecular weight is 429 g/mol. The first kappa shape index (κ1) is 24.0. The van der Waals surface area contributed by atoms with E-state index in [2.05, 4.69) is 15.5 Å². The molecule has 1 saturated heterocycles. The van der Waals surface area contributed by atoms with Crippen molar-refractivity contribution < 1.29 is 14.0 Å². The third kappa shape index (κ3) is 6.53. The fourth-order valence-electron chi connectivity index (χ4n) is 2.95. The zero-order valence-corrected chi connectivity index (χ0v) is 17.1. The summed E-state index contributed by atoms with van der Waals surface area (Å²) in [5, 5.41) is 5.69. The maximum Gasteiger partial charge on any atom is 0.258 e. The summed E-state index contributed by atoms with van der Waals surface area (Å²) in [5.41, 5.74) is 7.05. The van der Waals surface area contributed by atoms with Gasteiger partial charge in [-0.05, 0) is 56.3 Å². The number of halogens is 2. The summed E-state index contributed by atoms with van der Waals surface area (Å²) in [7, 11) is 0. The number of rotatable bonds is 7. The Morgan fingerprint density at radius 2 is 1.71 bits per heavy atom. The van der Waals surface area contributed by atoms with Crippen molar-refractivity contribution in [3.8, 4) is 0 Å². The predicted molar refractivity (Wildman–Crippen MR) is 113 cm³/mol. The maximum absolute atomic E-state index is 12.2. The molecule has 4 N–H and O–H groups in total. The van der Waals surface area contributed by atoms with E-state index in [0.29, 0.717) is 29.1 Å². The molecule has 0 bridgehead atoms. The van der Waals surface area contributed by atoms with Crippen molar-refractivity contribution >= 4 is 42.3 Å². The van der Waals surface area contributed by atoms with Gasteiger partial charge in [0.05, 0.1) is 12.1 Å². The fourth-order valence-corrected chi connectivity index (χ4v) is 2.95. The van der Waals surface area contributed by atoms with Crippen LogP contribution in [0.2, 0.25) is 0 Å². The first-order valence-electron chi connectivity index (χ1n) is 8.85. The van der Waals surface area contributed by atoms with Crippen LogP contribution < -0.4 is 16.4 Å². The van der Waals surface area contributed by atoms with Crippen molar-refractivity contribution in [3.63, 3.8) is 0 Å². The molecule has 154 valence electrons. The summed E-state index contributed by atoms with van der Waals surface area (Å²) < 4.78 is 5.16. The summed E-state index contributed by atoms with van der Waals surface area (Å²) in [6.45, 7) is 4.01. The normalized spacial score (nSPS) is 13.3. The number of amides is 2. The smallest absolute Gasteiger partial charge is 0.258 e. The molecule has 2 heterocycles. The Morgan fingerprint density at radius 3 is 2.32 bits per heavy atom. The van der Waals surface area contributed by atoms with Gasteiger partial charge in [-0.15, -0.1) is 24.8 Å². The lowest BCUT2D eigenvalue weighted by Crippen LogP contribution is -2.33. The predicted octanol–water partition coefficient (Wildman–Crippen LogP) is 2.66. The van der Waals surface area contributed by atoms with E-state index in [-0.39, 0.29) is 43.2 Å². The van der Waals surface area contributed by atoms with Crippen molar-refractivity contribution in [3.05, 3.63) is 53.5 Å². The molecule has 0 spiro atoms. The minimum Gasteiger partial charge on any atom is -0.467 e. The Labute approximate surface area is 176 Å². The largest absolute Gasteiger partial charge is 0.467 e. The highest BCUT2D eigenvalue weighted by atomic mass is 35.5. The van der Waals surface area contributed by atoms with E-state index in [0.717, 1.165) is 19.6 Å². The molecule has 2 amide bonds. The number of anilines is 1. The number of hydrogen-bond donors (Lipinski definition) is 3. The van der Waals surface area contributed by atoms with E-state index in [9.17, 15) is 9.59 Å². The molecule has 1 fully saturated rings. The molecule has 9 heteroatoms. The highest BCUT2D eigenvalue weighted by Crippen LogP contribution is 2.13. The molecule has 3 rings (SSSR count). The maximum atomic E-state index is 12.2. The van der Waals surface area contributed by atoms with Crippen molar-refractivity contribution in [2.24, 2.45) is 5.73 Å². The number of carbonyl (C=O) groups is 2. The van der Waals surface area contributed by atoms with Crippen LogP contribution in [0.4, 0.5) is 5.69 Å². The molecule has 1 aromatic carbocycles. The standard InChI is InChI=1S/C19H24N4O3.2ClH/c20-12-17-11-15(13-26-17)19(25)22-16-5-3-14(4-6-16)18(24)21-7-10-23-8-1-2-9-23;;/h3-6,11,13H,1-2,7-10,12,20H2,(H,21,24)(H,22,25);2*1H. The molecule has 1 aliphatic heterocycles. The highest BCUT2D eigenvalue weighted by molar-refractivity contribution is 6.04. The van der Waals surface area contributed by atoms with Crippen molar-refractivity contribution in [1.82, 2.24) is 10.2 Å². The lowest BCUT2D eigenvalue weighted by atomic mass is 10.2. The summed E-state index contributed by atoms with van der Waals surface area (Å²) in [5.74, 6) is 0.164. The first-order valence-corrected chi connectivity index (χ1v) is 8.85. The second-order valence-electron chi connectivity index (χ2n) is 6.34. The van der Waals surface area contributed by atoms with Gasteiger partial charge in [0, 0.05) is 24.3 Å². The molecule has 0 atom stereocenters. The van der Waals surface area contributed by atoms with Gasteiger partial charge in [0.2, 0.25) is 0 Å². The molecule has 0 unspecified atom stereocenters. The number of benzene rings is 1. The Bertz CT molecular complexity index is 759. The number of furan rings is 1. The van der Waals surface area contributed by atoms with Crippen LogP contribution in [0.1, 0.15) is 39.3 Å². The fraction of sp³-hybridized carbons (Fsp3) is 0.368. The molecular formula is C19H26Cl2N4O3. The minimum absolute atomic E-state index is 0. The van der Waals surface area contributed by atoms with Crippen LogP contribution >= 0.6 is 24.8 Å². The van der Waals surface area contributed by atoms with Crippen LogP contribution in [0, 0.1) is 0 Å². The van der Waals surface area contributed by atoms with Gasteiger partial charge in [0.25, 0.3) is 11.8 Å².